The molecule has 0 aliphatic heterocycles. The van der Waals surface area contributed by atoms with Gasteiger partial charge in [0.1, 0.15) is 5.75 Å². The zero-order chi connectivity index (χ0) is 27.2. The first-order chi connectivity index (χ1) is 18.4. The molecule has 0 bridgehead atoms. The number of hydrogen-bond donors (Lipinski definition) is 1. The largest absolute Gasteiger partial charge is 0.497 e. The maximum atomic E-state index is 13.8. The number of hydrogen-bond acceptors (Lipinski definition) is 7. The summed E-state index contributed by atoms with van der Waals surface area (Å²) in [6.45, 7) is 2.17. The first-order valence-corrected chi connectivity index (χ1v) is 13.1. The summed E-state index contributed by atoms with van der Waals surface area (Å²) in [4.78, 5) is 31.8. The lowest BCUT2D eigenvalue weighted by Crippen LogP contribution is -2.28. The van der Waals surface area contributed by atoms with Gasteiger partial charge in [-0.05, 0) is 42.3 Å². The van der Waals surface area contributed by atoms with Gasteiger partial charge in [-0.1, -0.05) is 48.5 Å². The highest BCUT2D eigenvalue weighted by atomic mass is 35.5. The molecule has 0 radical (unpaired) electrons. The molecule has 8 nitrogen and oxygen atoms in total. The molecule has 4 rings (SSSR count). The molecule has 38 heavy (non-hydrogen) atoms. The van der Waals surface area contributed by atoms with Crippen LogP contribution in [0.5, 0.6) is 17.2 Å². The molecule has 0 aliphatic rings. The average Bonchev–Trinajstić information content (AvgIpc) is 2.93. The number of methoxy groups -OCH3 is 3. The van der Waals surface area contributed by atoms with Crippen molar-refractivity contribution in [3.8, 4) is 17.2 Å². The molecule has 4 aromatic rings. The first kappa shape index (κ1) is 27.3. The fraction of sp³-hybridized carbons (Fsp3) is 0.250. The number of rotatable bonds is 10. The summed E-state index contributed by atoms with van der Waals surface area (Å²) >= 11 is 7.30. The Hall–Kier alpha value is -3.69. The van der Waals surface area contributed by atoms with Crippen molar-refractivity contribution < 1.29 is 19.0 Å². The Morgan fingerprint density at radius 1 is 1.03 bits per heavy atom. The highest BCUT2D eigenvalue weighted by molar-refractivity contribution is 8.00. The second kappa shape index (κ2) is 12.2. The van der Waals surface area contributed by atoms with Crippen LogP contribution in [0.15, 0.2) is 70.6 Å². The summed E-state index contributed by atoms with van der Waals surface area (Å²) in [5, 5.41) is 3.83. The number of benzene rings is 3. The van der Waals surface area contributed by atoms with Crippen LogP contribution >= 0.6 is 23.4 Å². The molecule has 1 unspecified atom stereocenters. The number of carbonyl (C=O) groups excluding carboxylic acids is 1. The van der Waals surface area contributed by atoms with Crippen LogP contribution in [-0.4, -0.2) is 42.0 Å². The molecular formula is C28H28ClN3O5S. The Bertz CT molecular complexity index is 1510. The minimum absolute atomic E-state index is 0.203. The van der Waals surface area contributed by atoms with E-state index in [1.54, 1.807) is 60.2 Å². The molecule has 1 atom stereocenters. The summed E-state index contributed by atoms with van der Waals surface area (Å²) < 4.78 is 17.7. The molecule has 1 heterocycles. The average molecular weight is 554 g/mol. The zero-order valence-corrected chi connectivity index (χ0v) is 23.1. The lowest BCUT2D eigenvalue weighted by molar-refractivity contribution is -0.115. The number of ether oxygens (including phenoxy) is 3. The number of amides is 1. The van der Waals surface area contributed by atoms with Gasteiger partial charge in [0.25, 0.3) is 5.56 Å². The topological polar surface area (TPSA) is 91.7 Å². The van der Waals surface area contributed by atoms with E-state index in [1.165, 1.54) is 26.0 Å². The summed E-state index contributed by atoms with van der Waals surface area (Å²) in [6.07, 6.45) is 0.515. The highest BCUT2D eigenvalue weighted by Gasteiger charge is 2.23. The van der Waals surface area contributed by atoms with Crippen molar-refractivity contribution in [2.45, 2.75) is 30.3 Å². The molecule has 3 aromatic carbocycles. The van der Waals surface area contributed by atoms with Crippen LogP contribution < -0.4 is 25.1 Å². The van der Waals surface area contributed by atoms with E-state index < -0.39 is 5.25 Å². The predicted octanol–water partition coefficient (Wildman–Crippen LogP) is 5.63. The Labute approximate surface area is 229 Å². The maximum Gasteiger partial charge on any atom is 0.262 e. The second-order valence-electron chi connectivity index (χ2n) is 8.37. The number of thioether (sulfide) groups is 1. The minimum atomic E-state index is -0.512. The van der Waals surface area contributed by atoms with Gasteiger partial charge in [-0.2, -0.15) is 0 Å². The van der Waals surface area contributed by atoms with E-state index in [4.69, 9.17) is 30.8 Å². The molecule has 0 spiro atoms. The fourth-order valence-electron chi connectivity index (χ4n) is 3.90. The Morgan fingerprint density at radius 3 is 2.39 bits per heavy atom. The third-order valence-corrected chi connectivity index (χ3v) is 7.53. The van der Waals surface area contributed by atoms with Crippen molar-refractivity contribution in [1.82, 2.24) is 9.55 Å². The van der Waals surface area contributed by atoms with E-state index in [0.717, 1.165) is 5.56 Å². The van der Waals surface area contributed by atoms with Gasteiger partial charge in [-0.3, -0.25) is 14.2 Å². The van der Waals surface area contributed by atoms with Crippen LogP contribution in [-0.2, 0) is 11.3 Å². The normalized spacial score (nSPS) is 11.7. The van der Waals surface area contributed by atoms with Crippen molar-refractivity contribution in [3.05, 3.63) is 81.6 Å². The molecule has 0 fully saturated rings. The van der Waals surface area contributed by atoms with Crippen LogP contribution in [0, 0.1) is 0 Å². The first-order valence-electron chi connectivity index (χ1n) is 11.9. The Kier molecular flexibility index (Phi) is 8.81. The van der Waals surface area contributed by atoms with Crippen LogP contribution in [0.4, 0.5) is 5.69 Å². The number of anilines is 1. The van der Waals surface area contributed by atoms with E-state index in [1.807, 2.05) is 19.1 Å². The lowest BCUT2D eigenvalue weighted by Gasteiger charge is -2.19. The van der Waals surface area contributed by atoms with Gasteiger partial charge in [-0.15, -0.1) is 0 Å². The van der Waals surface area contributed by atoms with E-state index in [0.29, 0.717) is 50.4 Å². The summed E-state index contributed by atoms with van der Waals surface area (Å²) in [5.74, 6) is 1.33. The monoisotopic (exact) mass is 553 g/mol. The van der Waals surface area contributed by atoms with Crippen molar-refractivity contribution in [2.24, 2.45) is 0 Å². The number of carbonyl (C=O) groups is 1. The summed E-state index contributed by atoms with van der Waals surface area (Å²) in [6, 6.07) is 17.7. The quantitative estimate of drug-likeness (QED) is 0.201. The number of nitrogens with one attached hydrogen (secondary N) is 1. The molecular weight excluding hydrogens is 526 g/mol. The molecule has 1 aromatic heterocycles. The SMILES string of the molecule is CCC(Sc1nc2cc(OC)c(OC)cc2c(=O)n1Cc1ccc(Cl)cc1)C(=O)Nc1cccc(OC)c1. The molecule has 0 aliphatic carbocycles. The standard InChI is InChI=1S/C28H28ClN3O5S/c1-5-25(26(33)30-19-7-6-8-20(13-19)35-2)38-28-31-22-15-24(37-4)23(36-3)14-21(22)27(34)32(28)16-17-9-11-18(29)12-10-17/h6-15,25H,5,16H2,1-4H3,(H,30,33). The van der Waals surface area contributed by atoms with Gasteiger partial charge in [0.2, 0.25) is 5.91 Å². The van der Waals surface area contributed by atoms with Gasteiger partial charge < -0.3 is 19.5 Å². The maximum absolute atomic E-state index is 13.8. The Morgan fingerprint density at radius 2 is 1.74 bits per heavy atom. The molecule has 0 saturated carbocycles. The molecule has 10 heteroatoms. The van der Waals surface area contributed by atoms with Crippen molar-refractivity contribution in [1.29, 1.82) is 0 Å². The van der Waals surface area contributed by atoms with Crippen LogP contribution in [0.1, 0.15) is 18.9 Å². The fourth-order valence-corrected chi connectivity index (χ4v) is 5.04. The smallest absolute Gasteiger partial charge is 0.262 e. The van der Waals surface area contributed by atoms with E-state index in [2.05, 4.69) is 5.32 Å². The van der Waals surface area contributed by atoms with E-state index >= 15 is 0 Å². The number of halogens is 1. The van der Waals surface area contributed by atoms with Gasteiger partial charge in [0.05, 0.1) is 44.0 Å². The van der Waals surface area contributed by atoms with E-state index in [-0.39, 0.29) is 18.0 Å². The van der Waals surface area contributed by atoms with Crippen molar-refractivity contribution in [3.63, 3.8) is 0 Å². The van der Waals surface area contributed by atoms with Gasteiger partial charge >= 0.3 is 0 Å². The summed E-state index contributed by atoms with van der Waals surface area (Å²) in [5.41, 5.74) is 1.69. The molecule has 1 N–H and O–H groups in total. The molecule has 1 amide bonds. The third-order valence-electron chi connectivity index (χ3n) is 5.93. The molecule has 0 saturated heterocycles. The lowest BCUT2D eigenvalue weighted by atomic mass is 10.2. The van der Waals surface area contributed by atoms with Gasteiger partial charge in [0.15, 0.2) is 16.7 Å². The van der Waals surface area contributed by atoms with Crippen LogP contribution in [0.25, 0.3) is 10.9 Å². The number of fused-ring (bicyclic) bond motifs is 1. The predicted molar refractivity (Wildman–Crippen MR) is 151 cm³/mol. The van der Waals surface area contributed by atoms with Gasteiger partial charge in [-0.25, -0.2) is 4.98 Å². The number of nitrogens with zero attached hydrogens (tertiary/aromatic N) is 2. The van der Waals surface area contributed by atoms with Crippen molar-refractivity contribution >= 4 is 45.9 Å². The molecule has 198 valence electrons. The third kappa shape index (κ3) is 6.06. The minimum Gasteiger partial charge on any atom is -0.497 e. The van der Waals surface area contributed by atoms with E-state index in [9.17, 15) is 9.59 Å². The Balaban J connectivity index is 1.76. The zero-order valence-electron chi connectivity index (χ0n) is 21.5. The van der Waals surface area contributed by atoms with Gasteiger partial charge in [0, 0.05) is 22.8 Å². The highest BCUT2D eigenvalue weighted by Crippen LogP contribution is 2.32. The second-order valence-corrected chi connectivity index (χ2v) is 9.98. The number of aromatic nitrogens is 2. The van der Waals surface area contributed by atoms with Crippen molar-refractivity contribution in [2.75, 3.05) is 26.6 Å². The summed E-state index contributed by atoms with van der Waals surface area (Å²) in [7, 11) is 4.61. The van der Waals surface area contributed by atoms with Crippen LogP contribution in [0.2, 0.25) is 5.02 Å². The van der Waals surface area contributed by atoms with Crippen LogP contribution in [0.3, 0.4) is 0 Å².